The van der Waals surface area contributed by atoms with Crippen molar-refractivity contribution in [2.45, 2.75) is 16.0 Å². The van der Waals surface area contributed by atoms with Crippen LogP contribution in [0.5, 0.6) is 0 Å². The van der Waals surface area contributed by atoms with E-state index < -0.39 is 25.6 Å². The Kier molecular flexibility index (Phi) is 5.58. The van der Waals surface area contributed by atoms with Crippen molar-refractivity contribution in [3.05, 3.63) is 80.0 Å². The lowest BCUT2D eigenvalue weighted by atomic mass is 10.1. The molecule has 1 N–H and O–H groups in total. The van der Waals surface area contributed by atoms with Crippen molar-refractivity contribution in [3.63, 3.8) is 0 Å². The number of anilines is 1. The summed E-state index contributed by atoms with van der Waals surface area (Å²) in [5.41, 5.74) is -0.254. The molecule has 0 fully saturated rings. The molecule has 2 aromatic carbocycles. The second kappa shape index (κ2) is 7.96. The largest absolute Gasteiger partial charge is 0.298 e. The molecule has 13 heteroatoms. The molecule has 0 saturated carbocycles. The third-order valence-electron chi connectivity index (χ3n) is 4.07. The second-order valence-electron chi connectivity index (χ2n) is 5.90. The predicted molar refractivity (Wildman–Crippen MR) is 106 cm³/mol. The topological polar surface area (TPSA) is 162 Å². The molecule has 0 saturated heterocycles. The minimum absolute atomic E-state index is 0.0219. The number of carbonyl (C=O) groups is 1. The van der Waals surface area contributed by atoms with E-state index in [2.05, 4.69) is 10.3 Å². The fourth-order valence-corrected chi connectivity index (χ4v) is 4.96. The van der Waals surface area contributed by atoms with Crippen molar-refractivity contribution < 1.29 is 23.1 Å². The molecule has 0 radical (unpaired) electrons. The molecule has 0 aliphatic heterocycles. The minimum atomic E-state index is -3.99. The van der Waals surface area contributed by atoms with Gasteiger partial charge in [-0.15, -0.1) is 0 Å². The maximum absolute atomic E-state index is 12.7. The highest BCUT2D eigenvalue weighted by molar-refractivity contribution is 7.93. The number of thiazole rings is 1. The first-order chi connectivity index (χ1) is 14.1. The van der Waals surface area contributed by atoms with Crippen molar-refractivity contribution in [2.24, 2.45) is 0 Å². The third-order valence-corrected chi connectivity index (χ3v) is 7.22. The number of rotatable bonds is 6. The molecular formula is C17H12N4O7S2. The molecule has 11 nitrogen and oxygen atoms in total. The normalized spacial score (nSPS) is 11.1. The number of hydrogen-bond acceptors (Lipinski definition) is 9. The van der Waals surface area contributed by atoms with Gasteiger partial charge in [0.15, 0.2) is 5.13 Å². The van der Waals surface area contributed by atoms with Crippen LogP contribution in [0.15, 0.2) is 57.8 Å². The lowest BCUT2D eigenvalue weighted by Gasteiger charge is -2.05. The molecule has 0 bridgehead atoms. The van der Waals surface area contributed by atoms with Gasteiger partial charge in [0.2, 0.25) is 9.84 Å². The molecule has 154 valence electrons. The van der Waals surface area contributed by atoms with Gasteiger partial charge in [0.25, 0.3) is 17.3 Å². The summed E-state index contributed by atoms with van der Waals surface area (Å²) < 4.78 is 25.2. The third kappa shape index (κ3) is 4.01. The molecule has 0 spiro atoms. The van der Waals surface area contributed by atoms with Crippen molar-refractivity contribution in [3.8, 4) is 0 Å². The number of nitrogens with zero attached hydrogens (tertiary/aromatic N) is 3. The van der Waals surface area contributed by atoms with E-state index in [1.807, 2.05) is 0 Å². The molecule has 3 aromatic rings. The first-order valence-electron chi connectivity index (χ1n) is 8.12. The Morgan fingerprint density at radius 2 is 1.73 bits per heavy atom. The smallest absolute Gasteiger partial charge is 0.273 e. The quantitative estimate of drug-likeness (QED) is 0.443. The predicted octanol–water partition coefficient (Wildman–Crippen LogP) is 3.35. The highest BCUT2D eigenvalue weighted by Crippen LogP contribution is 2.30. The van der Waals surface area contributed by atoms with Crippen LogP contribution in [0, 0.1) is 27.2 Å². The van der Waals surface area contributed by atoms with Crippen LogP contribution < -0.4 is 5.32 Å². The average Bonchev–Trinajstić information content (AvgIpc) is 3.17. The molecule has 0 aliphatic rings. The molecule has 3 rings (SSSR count). The highest BCUT2D eigenvalue weighted by atomic mass is 32.2. The Bertz CT molecular complexity index is 1270. The van der Waals surface area contributed by atoms with Crippen LogP contribution in [0.2, 0.25) is 0 Å². The summed E-state index contributed by atoms with van der Waals surface area (Å²) in [5.74, 6) is -0.676. The molecule has 0 unspecified atom stereocenters. The Hall–Kier alpha value is -3.71. The number of hydrogen-bond donors (Lipinski definition) is 1. The maximum atomic E-state index is 12.7. The van der Waals surface area contributed by atoms with Gasteiger partial charge in [-0.05, 0) is 25.1 Å². The molecule has 30 heavy (non-hydrogen) atoms. The lowest BCUT2D eigenvalue weighted by molar-refractivity contribution is -0.385. The number of amides is 1. The Morgan fingerprint density at radius 3 is 2.33 bits per heavy atom. The minimum Gasteiger partial charge on any atom is -0.298 e. The van der Waals surface area contributed by atoms with Crippen LogP contribution in [0.4, 0.5) is 16.5 Å². The van der Waals surface area contributed by atoms with Crippen LogP contribution >= 0.6 is 11.3 Å². The van der Waals surface area contributed by atoms with E-state index in [1.165, 1.54) is 25.1 Å². The summed E-state index contributed by atoms with van der Waals surface area (Å²) in [6, 6.07) is 8.40. The van der Waals surface area contributed by atoms with Gasteiger partial charge >= 0.3 is 0 Å². The van der Waals surface area contributed by atoms with Crippen molar-refractivity contribution in [1.82, 2.24) is 4.98 Å². The van der Waals surface area contributed by atoms with Crippen molar-refractivity contribution in [2.75, 3.05) is 5.32 Å². The van der Waals surface area contributed by atoms with Gasteiger partial charge in [0.1, 0.15) is 4.21 Å². The molecule has 0 aliphatic carbocycles. The SMILES string of the molecule is Cc1c(C(=O)Nc2ncc(S(=O)(=O)c3ccc([N+](=O)[O-])cc3)s2)cccc1[N+](=O)[O-]. The summed E-state index contributed by atoms with van der Waals surface area (Å²) in [6.07, 6.45) is 1.05. The van der Waals surface area contributed by atoms with Crippen LogP contribution in [-0.2, 0) is 9.84 Å². The fourth-order valence-electron chi connectivity index (χ4n) is 2.54. The number of benzene rings is 2. The van der Waals surface area contributed by atoms with E-state index in [-0.39, 0.29) is 36.7 Å². The summed E-state index contributed by atoms with van der Waals surface area (Å²) in [7, 11) is -3.99. The van der Waals surface area contributed by atoms with Crippen LogP contribution in [0.1, 0.15) is 15.9 Å². The van der Waals surface area contributed by atoms with Crippen LogP contribution in [0.25, 0.3) is 0 Å². The zero-order chi connectivity index (χ0) is 22.1. The number of aromatic nitrogens is 1. The van der Waals surface area contributed by atoms with Gasteiger partial charge in [-0.1, -0.05) is 17.4 Å². The standard InChI is InChI=1S/C17H12N4O7S2/c1-10-13(3-2-4-14(10)21(25)26)16(22)19-17-18-9-15(29-17)30(27,28)12-7-5-11(6-8-12)20(23)24/h2-9H,1H3,(H,18,19,22). The Balaban J connectivity index is 1.84. The maximum Gasteiger partial charge on any atom is 0.273 e. The fraction of sp³-hybridized carbons (Fsp3) is 0.0588. The highest BCUT2D eigenvalue weighted by Gasteiger charge is 2.23. The van der Waals surface area contributed by atoms with Crippen molar-refractivity contribution >= 4 is 43.6 Å². The molecule has 1 heterocycles. The molecule has 1 amide bonds. The van der Waals surface area contributed by atoms with Gasteiger partial charge in [-0.3, -0.25) is 30.3 Å². The van der Waals surface area contributed by atoms with Crippen molar-refractivity contribution in [1.29, 1.82) is 0 Å². The first kappa shape index (κ1) is 21.0. The first-order valence-corrected chi connectivity index (χ1v) is 10.4. The zero-order valence-corrected chi connectivity index (χ0v) is 16.8. The lowest BCUT2D eigenvalue weighted by Crippen LogP contribution is -2.13. The van der Waals surface area contributed by atoms with E-state index in [0.717, 1.165) is 30.5 Å². The number of nitro groups is 2. The molecule has 0 atom stereocenters. The van der Waals surface area contributed by atoms with E-state index in [4.69, 9.17) is 0 Å². The van der Waals surface area contributed by atoms with Gasteiger partial charge in [0, 0.05) is 29.3 Å². The molecular weight excluding hydrogens is 436 g/mol. The van der Waals surface area contributed by atoms with Crippen LogP contribution in [0.3, 0.4) is 0 Å². The van der Waals surface area contributed by atoms with Gasteiger partial charge in [-0.2, -0.15) is 0 Å². The monoisotopic (exact) mass is 448 g/mol. The Morgan fingerprint density at radius 1 is 1.07 bits per heavy atom. The van der Waals surface area contributed by atoms with E-state index in [9.17, 15) is 33.4 Å². The summed E-state index contributed by atoms with van der Waals surface area (Å²) in [6.45, 7) is 1.43. The number of non-ortho nitro benzene ring substituents is 1. The summed E-state index contributed by atoms with van der Waals surface area (Å²) in [4.78, 5) is 36.6. The van der Waals surface area contributed by atoms with E-state index in [1.54, 1.807) is 0 Å². The Labute approximate surface area is 173 Å². The summed E-state index contributed by atoms with van der Waals surface area (Å²) in [5, 5.41) is 24.1. The number of nitro benzene ring substituents is 2. The molecule has 1 aromatic heterocycles. The van der Waals surface area contributed by atoms with Crippen LogP contribution in [-0.4, -0.2) is 29.2 Å². The average molecular weight is 448 g/mol. The van der Waals surface area contributed by atoms with E-state index in [0.29, 0.717) is 11.3 Å². The number of sulfone groups is 1. The summed E-state index contributed by atoms with van der Waals surface area (Å²) >= 11 is 0.686. The zero-order valence-electron chi connectivity index (χ0n) is 15.1. The van der Waals surface area contributed by atoms with Gasteiger partial charge < -0.3 is 0 Å². The van der Waals surface area contributed by atoms with E-state index >= 15 is 0 Å². The second-order valence-corrected chi connectivity index (χ2v) is 9.11. The van der Waals surface area contributed by atoms with Gasteiger partial charge in [0.05, 0.1) is 20.9 Å². The number of nitrogens with one attached hydrogen (secondary N) is 1. The van der Waals surface area contributed by atoms with Gasteiger partial charge in [-0.25, -0.2) is 13.4 Å². The number of carbonyl (C=O) groups excluding carboxylic acids is 1.